The molecule has 0 heterocycles. The predicted octanol–water partition coefficient (Wildman–Crippen LogP) is 3.23. The molecule has 9 aromatic rings. The van der Waals surface area contributed by atoms with Crippen molar-refractivity contribution in [1.29, 1.82) is 0 Å². The SMILES string of the molecule is [B]c1c([B])c([B])c(N(c2ccc(-c3ccccc3)cc2)c2ccc(-c3cccc(-c4ccc(N(c5ccc(-c6ccccc6)cc5)c5c([B])c([B])c([B])c([B])c5[B])cc4)c3)cc2)c([B])c1[B]. The van der Waals surface area contributed by atoms with E-state index in [2.05, 4.69) is 91.0 Å². The van der Waals surface area contributed by atoms with Gasteiger partial charge in [-0.3, -0.25) is 0 Å². The second-order valence-electron chi connectivity index (χ2n) is 16.0. The van der Waals surface area contributed by atoms with Gasteiger partial charge in [0.15, 0.2) is 0 Å². The van der Waals surface area contributed by atoms with E-state index >= 15 is 0 Å². The molecular formula is C54H30B10N2. The standard InChI is InChI=1S/C54H30B10N2/c55-43-45(57)49(61)53(50(62)46(43)58)65(39-22-14-33(15-23-39)31-8-3-1-4-9-31)41-26-18-35(19-27-41)37-12-7-13-38(30-37)36-20-28-42(29-21-36)66(54-51(63)47(59)44(56)48(60)52(54)64)40-24-16-34(17-25-40)32-10-5-2-6-11-32/h1-30H. The lowest BCUT2D eigenvalue weighted by Gasteiger charge is -2.32. The molecule has 0 aliphatic carbocycles. The van der Waals surface area contributed by atoms with Crippen molar-refractivity contribution in [3.8, 4) is 44.5 Å². The Balaban J connectivity index is 1.05. The minimum atomic E-state index is 0.149. The molecule has 286 valence electrons. The molecule has 2 nitrogen and oxygen atoms in total. The van der Waals surface area contributed by atoms with Crippen molar-refractivity contribution in [2.24, 2.45) is 0 Å². The van der Waals surface area contributed by atoms with E-state index < -0.39 is 0 Å². The van der Waals surface area contributed by atoms with Crippen molar-refractivity contribution >= 4 is 167 Å². The lowest BCUT2D eigenvalue weighted by atomic mass is 9.61. The number of hydrogen-bond acceptors (Lipinski definition) is 2. The van der Waals surface area contributed by atoms with Gasteiger partial charge in [0.05, 0.1) is 0 Å². The summed E-state index contributed by atoms with van der Waals surface area (Å²) in [6.45, 7) is 0. The Morgan fingerprint density at radius 1 is 0.197 bits per heavy atom. The molecule has 12 heteroatoms. The van der Waals surface area contributed by atoms with E-state index in [1.165, 1.54) is 0 Å². The summed E-state index contributed by atoms with van der Waals surface area (Å²) in [7, 11) is 64.7. The van der Waals surface area contributed by atoms with Crippen molar-refractivity contribution in [2.45, 2.75) is 0 Å². The third kappa shape index (κ3) is 8.35. The fraction of sp³-hybridized carbons (Fsp3) is 0. The van der Waals surface area contributed by atoms with Gasteiger partial charge >= 0.3 is 0 Å². The number of hydrogen-bond donors (Lipinski definition) is 0. The van der Waals surface area contributed by atoms with E-state index in [0.29, 0.717) is 11.4 Å². The van der Waals surface area contributed by atoms with E-state index in [-0.39, 0.29) is 54.6 Å². The van der Waals surface area contributed by atoms with Gasteiger partial charge in [-0.15, -0.1) is 32.8 Å². The van der Waals surface area contributed by atoms with Crippen LogP contribution in [0.2, 0.25) is 0 Å². The Hall–Kier alpha value is -6.77. The first kappa shape index (κ1) is 44.4. The van der Waals surface area contributed by atoms with Crippen molar-refractivity contribution in [3.63, 3.8) is 0 Å². The molecule has 0 N–H and O–H groups in total. The zero-order valence-corrected chi connectivity index (χ0v) is 36.0. The first-order valence-electron chi connectivity index (χ1n) is 21.2. The maximum Gasteiger partial charge on any atom is 0.115 e. The maximum atomic E-state index is 6.67. The monoisotopic (exact) mass is 816 g/mol. The highest BCUT2D eigenvalue weighted by molar-refractivity contribution is 6.70. The van der Waals surface area contributed by atoms with E-state index in [4.69, 9.17) is 78.5 Å². The lowest BCUT2D eigenvalue weighted by molar-refractivity contribution is 1.31. The predicted molar refractivity (Wildman–Crippen MR) is 291 cm³/mol. The summed E-state index contributed by atoms with van der Waals surface area (Å²) < 4.78 is 0. The molecular weight excluding hydrogens is 785 g/mol. The average molecular weight is 815 g/mol. The molecule has 20 radical (unpaired) electrons. The Morgan fingerprint density at radius 2 is 0.409 bits per heavy atom. The smallest absolute Gasteiger partial charge is 0.115 e. The second kappa shape index (κ2) is 18.6. The van der Waals surface area contributed by atoms with Gasteiger partial charge in [0.2, 0.25) is 0 Å². The topological polar surface area (TPSA) is 6.48 Å². The summed E-state index contributed by atoms with van der Waals surface area (Å²) in [5, 5.41) is 0. The summed E-state index contributed by atoms with van der Waals surface area (Å²) >= 11 is 0. The average Bonchev–Trinajstić information content (AvgIpc) is 3.37. The molecule has 0 aliphatic rings. The molecule has 0 saturated heterocycles. The summed E-state index contributed by atoms with van der Waals surface area (Å²) in [6, 6.07) is 61.2. The zero-order chi connectivity index (χ0) is 46.2. The fourth-order valence-electron chi connectivity index (χ4n) is 8.32. The molecule has 0 aromatic heterocycles. The minimum Gasteiger partial charge on any atom is -0.312 e. The highest BCUT2D eigenvalue weighted by atomic mass is 15.2. The third-order valence-corrected chi connectivity index (χ3v) is 12.0. The van der Waals surface area contributed by atoms with Gasteiger partial charge < -0.3 is 9.80 Å². The van der Waals surface area contributed by atoms with Crippen LogP contribution in [0.4, 0.5) is 34.1 Å². The number of anilines is 6. The summed E-state index contributed by atoms with van der Waals surface area (Å²) in [4.78, 5) is 3.89. The van der Waals surface area contributed by atoms with Gasteiger partial charge in [-0.25, -0.2) is 0 Å². The van der Waals surface area contributed by atoms with Crippen LogP contribution in [0, 0.1) is 0 Å². The van der Waals surface area contributed by atoms with Crippen LogP contribution in [-0.4, -0.2) is 78.5 Å². The van der Waals surface area contributed by atoms with E-state index in [0.717, 1.165) is 67.3 Å². The molecule has 0 saturated carbocycles. The Morgan fingerprint density at radius 3 is 0.682 bits per heavy atom. The van der Waals surface area contributed by atoms with Crippen LogP contribution in [-0.2, 0) is 0 Å². The van der Waals surface area contributed by atoms with E-state index in [9.17, 15) is 0 Å². The molecule has 0 bridgehead atoms. The normalized spacial score (nSPS) is 11.0. The Kier molecular flexibility index (Phi) is 12.5. The molecule has 9 rings (SSSR count). The van der Waals surface area contributed by atoms with Crippen LogP contribution in [0.5, 0.6) is 0 Å². The quantitative estimate of drug-likeness (QED) is 0.196. The zero-order valence-electron chi connectivity index (χ0n) is 36.0. The summed E-state index contributed by atoms with van der Waals surface area (Å²) in [5.41, 5.74) is 14.2. The Labute approximate surface area is 401 Å². The Bertz CT molecular complexity index is 2950. The van der Waals surface area contributed by atoms with Crippen LogP contribution < -0.4 is 64.4 Å². The molecule has 0 spiro atoms. The molecule has 0 unspecified atom stereocenters. The van der Waals surface area contributed by atoms with Crippen LogP contribution >= 0.6 is 0 Å². The lowest BCUT2D eigenvalue weighted by Crippen LogP contribution is -2.56. The van der Waals surface area contributed by atoms with Crippen LogP contribution in [0.15, 0.2) is 182 Å². The summed E-state index contributed by atoms with van der Waals surface area (Å²) in [6.07, 6.45) is 0. The van der Waals surface area contributed by atoms with Gasteiger partial charge in [0.25, 0.3) is 0 Å². The highest BCUT2D eigenvalue weighted by Crippen LogP contribution is 2.38. The van der Waals surface area contributed by atoms with E-state index in [1.54, 1.807) is 0 Å². The number of rotatable bonds is 10. The van der Waals surface area contributed by atoms with Gasteiger partial charge in [0, 0.05) is 34.1 Å². The third-order valence-electron chi connectivity index (χ3n) is 12.0. The molecule has 0 aliphatic heterocycles. The van der Waals surface area contributed by atoms with Gasteiger partial charge in [0.1, 0.15) is 78.5 Å². The van der Waals surface area contributed by atoms with Crippen molar-refractivity contribution in [2.75, 3.05) is 9.80 Å². The van der Waals surface area contributed by atoms with Crippen molar-refractivity contribution in [3.05, 3.63) is 182 Å². The van der Waals surface area contributed by atoms with Gasteiger partial charge in [-0.2, -0.15) is 0 Å². The molecule has 0 amide bonds. The van der Waals surface area contributed by atoms with E-state index in [1.807, 2.05) is 101 Å². The molecule has 0 atom stereocenters. The number of nitrogens with zero attached hydrogens (tertiary/aromatic N) is 2. The van der Waals surface area contributed by atoms with Gasteiger partial charge in [-0.1, -0.05) is 149 Å². The maximum absolute atomic E-state index is 6.67. The highest BCUT2D eigenvalue weighted by Gasteiger charge is 2.22. The largest absolute Gasteiger partial charge is 0.312 e. The molecule has 66 heavy (non-hydrogen) atoms. The first-order chi connectivity index (χ1) is 31.9. The van der Waals surface area contributed by atoms with Crippen molar-refractivity contribution in [1.82, 2.24) is 0 Å². The van der Waals surface area contributed by atoms with Crippen LogP contribution in [0.3, 0.4) is 0 Å². The second-order valence-corrected chi connectivity index (χ2v) is 16.0. The summed E-state index contributed by atoms with van der Waals surface area (Å²) in [5.74, 6) is 0. The molecule has 0 fully saturated rings. The first-order valence-corrected chi connectivity index (χ1v) is 21.2. The van der Waals surface area contributed by atoms with Crippen molar-refractivity contribution < 1.29 is 0 Å². The minimum absolute atomic E-state index is 0.149. The molecule has 9 aromatic carbocycles. The van der Waals surface area contributed by atoms with Crippen LogP contribution in [0.1, 0.15) is 0 Å². The number of benzene rings is 9. The fourth-order valence-corrected chi connectivity index (χ4v) is 8.32. The van der Waals surface area contributed by atoms with Gasteiger partial charge in [-0.05, 0) is 99.1 Å². The van der Waals surface area contributed by atoms with Crippen LogP contribution in [0.25, 0.3) is 44.5 Å².